The summed E-state index contributed by atoms with van der Waals surface area (Å²) in [5, 5.41) is 121. The number of rotatable bonds is 68. The number of amides is 1. The molecule has 3 fully saturated rings. The Morgan fingerprint density at radius 2 is 0.622 bits per heavy atom. The van der Waals surface area contributed by atoms with Crippen LogP contribution in [0.3, 0.4) is 0 Å². The lowest BCUT2D eigenvalue weighted by Crippen LogP contribution is -2.66. The molecule has 19 heteroatoms. The Bertz CT molecular complexity index is 2580. The first-order chi connectivity index (χ1) is 54.3. The third-order valence-corrected chi connectivity index (χ3v) is 20.7. The van der Waals surface area contributed by atoms with Gasteiger partial charge in [-0.2, -0.15) is 0 Å². The predicted octanol–water partition coefficient (Wildman–Crippen LogP) is 16.2. The number of aliphatic hydroxyl groups excluding tert-OH is 11. The fraction of sp³-hybridized carbons (Fsp3) is 0.728. The molecule has 0 spiro atoms. The molecule has 3 aliphatic rings. The molecule has 0 saturated carbocycles. The van der Waals surface area contributed by atoms with E-state index in [1.807, 2.05) is 0 Å². The standard InChI is InChI=1S/C92H155NO18/c1-3-5-7-9-11-13-15-17-19-21-23-25-27-29-31-32-33-34-35-36-37-38-39-40-41-42-44-46-48-50-52-54-56-58-60-62-64-66-68-70-80(98)93-75(76(97)69-67-65-63-61-59-57-55-53-51-49-47-45-43-30-28-26-24-22-20-18-16-14-12-10-8-6-4-2)74-106-90-86(104)83(101)88(78(72-95)108-90)111-92-87(105)84(102)89(79(73-96)109-92)110-91-85(103)82(100)81(99)77(71-94)107-91/h5,7,11,13,17,19,23,25,29,31,33-34,36-37,39-40,42,44,48,50,54,56,60,62,75-79,81-92,94-97,99-105H,3-4,6,8-10,12,14-16,18,20-22,24,26-28,30,32,35,38,41,43,45-47,49,51-53,55,57-59,61,63-74H2,1-2H3,(H,93,98)/b7-5-,13-11-,19-17-,25-23-,31-29-,34-33-,37-36-,40-39-,44-42-,50-48-,56-54-,62-60-. The number of nitrogens with one attached hydrogen (secondary N) is 1. The monoisotopic (exact) mass is 1560 g/mol. The van der Waals surface area contributed by atoms with Crippen molar-refractivity contribution >= 4 is 5.91 Å². The highest BCUT2D eigenvalue weighted by molar-refractivity contribution is 5.76. The van der Waals surface area contributed by atoms with Crippen molar-refractivity contribution in [1.29, 1.82) is 0 Å². The molecular weight excluding hydrogens is 1410 g/mol. The van der Waals surface area contributed by atoms with E-state index in [4.69, 9.17) is 28.4 Å². The summed E-state index contributed by atoms with van der Waals surface area (Å²) in [4.78, 5) is 13.5. The summed E-state index contributed by atoms with van der Waals surface area (Å²) in [6.45, 7) is 1.68. The van der Waals surface area contributed by atoms with Gasteiger partial charge in [0.2, 0.25) is 5.91 Å². The Hall–Kier alpha value is -4.33. The Labute approximate surface area is 670 Å². The van der Waals surface area contributed by atoms with Crippen molar-refractivity contribution in [2.45, 2.75) is 401 Å². The summed E-state index contributed by atoms with van der Waals surface area (Å²) in [7, 11) is 0. The van der Waals surface area contributed by atoms with Crippen molar-refractivity contribution in [2.24, 2.45) is 0 Å². The highest BCUT2D eigenvalue weighted by Crippen LogP contribution is 2.33. The molecule has 3 saturated heterocycles. The van der Waals surface area contributed by atoms with Crippen LogP contribution in [0.5, 0.6) is 0 Å². The number of carbonyl (C=O) groups is 1. The van der Waals surface area contributed by atoms with Crippen molar-refractivity contribution in [2.75, 3.05) is 26.4 Å². The van der Waals surface area contributed by atoms with Gasteiger partial charge in [-0.1, -0.05) is 333 Å². The second-order valence-electron chi connectivity index (χ2n) is 30.3. The van der Waals surface area contributed by atoms with Gasteiger partial charge in [0.15, 0.2) is 18.9 Å². The Balaban J connectivity index is 1.37. The van der Waals surface area contributed by atoms with E-state index < -0.39 is 124 Å². The molecule has 17 atom stereocenters. The Kier molecular flexibility index (Phi) is 63.5. The fourth-order valence-electron chi connectivity index (χ4n) is 13.8. The van der Waals surface area contributed by atoms with Gasteiger partial charge in [0, 0.05) is 6.42 Å². The zero-order valence-electron chi connectivity index (χ0n) is 68.4. The predicted molar refractivity (Wildman–Crippen MR) is 447 cm³/mol. The average Bonchev–Trinajstić information content (AvgIpc) is 0.780. The number of carbonyl (C=O) groups excluding carboxylic acids is 1. The van der Waals surface area contributed by atoms with Crippen LogP contribution in [0.1, 0.15) is 296 Å². The molecule has 12 N–H and O–H groups in total. The fourth-order valence-corrected chi connectivity index (χ4v) is 13.8. The van der Waals surface area contributed by atoms with E-state index in [0.29, 0.717) is 19.3 Å². The molecule has 636 valence electrons. The third kappa shape index (κ3) is 48.7. The smallest absolute Gasteiger partial charge is 0.220 e. The van der Waals surface area contributed by atoms with E-state index in [1.165, 1.54) is 148 Å². The lowest BCUT2D eigenvalue weighted by molar-refractivity contribution is -0.379. The number of ether oxygens (including phenoxy) is 6. The molecule has 0 aromatic carbocycles. The van der Waals surface area contributed by atoms with Gasteiger partial charge in [-0.3, -0.25) is 4.79 Å². The van der Waals surface area contributed by atoms with Crippen LogP contribution in [0.25, 0.3) is 0 Å². The Morgan fingerprint density at radius 3 is 0.955 bits per heavy atom. The zero-order valence-corrected chi connectivity index (χ0v) is 68.4. The van der Waals surface area contributed by atoms with Gasteiger partial charge in [0.05, 0.1) is 38.6 Å². The van der Waals surface area contributed by atoms with E-state index in [2.05, 4.69) is 165 Å². The second kappa shape index (κ2) is 69.9. The molecule has 0 bridgehead atoms. The van der Waals surface area contributed by atoms with Crippen LogP contribution in [-0.4, -0.2) is 193 Å². The molecular formula is C92H155NO18. The summed E-state index contributed by atoms with van der Waals surface area (Å²) in [6, 6.07) is -0.924. The van der Waals surface area contributed by atoms with Gasteiger partial charge in [-0.25, -0.2) is 0 Å². The molecule has 3 aliphatic heterocycles. The molecule has 3 rings (SSSR count). The first-order valence-electron chi connectivity index (χ1n) is 43.6. The molecule has 0 aromatic heterocycles. The van der Waals surface area contributed by atoms with E-state index >= 15 is 0 Å². The van der Waals surface area contributed by atoms with Crippen molar-refractivity contribution in [3.63, 3.8) is 0 Å². The molecule has 0 radical (unpaired) electrons. The molecule has 3 heterocycles. The number of aliphatic hydroxyl groups is 11. The highest BCUT2D eigenvalue weighted by atomic mass is 16.8. The summed E-state index contributed by atoms with van der Waals surface area (Å²) in [5.74, 6) is -0.287. The average molecular weight is 1560 g/mol. The van der Waals surface area contributed by atoms with E-state index in [0.717, 1.165) is 109 Å². The minimum Gasteiger partial charge on any atom is -0.394 e. The minimum atomic E-state index is -1.99. The van der Waals surface area contributed by atoms with E-state index in [1.54, 1.807) is 0 Å². The second-order valence-corrected chi connectivity index (χ2v) is 30.3. The molecule has 17 unspecified atom stereocenters. The van der Waals surface area contributed by atoms with E-state index in [-0.39, 0.29) is 18.9 Å². The molecule has 0 aliphatic carbocycles. The first kappa shape index (κ1) is 101. The van der Waals surface area contributed by atoms with Gasteiger partial charge >= 0.3 is 0 Å². The molecule has 1 amide bonds. The maximum Gasteiger partial charge on any atom is 0.220 e. The largest absolute Gasteiger partial charge is 0.394 e. The van der Waals surface area contributed by atoms with Crippen LogP contribution in [0.2, 0.25) is 0 Å². The maximum absolute atomic E-state index is 13.5. The van der Waals surface area contributed by atoms with Gasteiger partial charge < -0.3 is 89.9 Å². The lowest BCUT2D eigenvalue weighted by atomic mass is 9.96. The normalized spacial score (nSPS) is 25.8. The quantitative estimate of drug-likeness (QED) is 0.0199. The molecule has 0 aromatic rings. The van der Waals surface area contributed by atoms with Crippen molar-refractivity contribution in [1.82, 2.24) is 5.32 Å². The van der Waals surface area contributed by atoms with Crippen molar-refractivity contribution in [3.05, 3.63) is 146 Å². The first-order valence-corrected chi connectivity index (χ1v) is 43.6. The molecule has 19 nitrogen and oxygen atoms in total. The summed E-state index contributed by atoms with van der Waals surface area (Å²) in [5.41, 5.74) is 0. The zero-order chi connectivity index (χ0) is 80.3. The SMILES string of the molecule is CC/C=C\C/C=C\C/C=C\C/C=C\C/C=C\C/C=C\C/C=C\C/C=C\C/C=C\C/C=C\C/C=C\C/C=C\CCCCC(=O)NC(COC1OC(CO)C(OC2OC(CO)C(OC3OC(CO)C(O)C(O)C3O)C(O)C2O)C(O)C1O)C(O)CCCCCCCCCCCCCCCCCCCCCCCCCCCCC. The maximum atomic E-state index is 13.5. The van der Waals surface area contributed by atoms with Crippen LogP contribution in [0.15, 0.2) is 146 Å². The van der Waals surface area contributed by atoms with Gasteiger partial charge in [0.1, 0.15) is 73.2 Å². The summed E-state index contributed by atoms with van der Waals surface area (Å²) in [6.07, 6.45) is 75.1. The number of allylic oxidation sites excluding steroid dienone is 24. The van der Waals surface area contributed by atoms with Gasteiger partial charge in [-0.15, -0.1) is 0 Å². The number of hydrogen-bond acceptors (Lipinski definition) is 18. The lowest BCUT2D eigenvalue weighted by Gasteiger charge is -2.48. The van der Waals surface area contributed by atoms with Crippen LogP contribution >= 0.6 is 0 Å². The van der Waals surface area contributed by atoms with Crippen molar-refractivity contribution in [3.8, 4) is 0 Å². The van der Waals surface area contributed by atoms with Crippen molar-refractivity contribution < 1.29 is 89.4 Å². The Morgan fingerprint density at radius 1 is 0.333 bits per heavy atom. The van der Waals surface area contributed by atoms with Crippen LogP contribution in [-0.2, 0) is 33.2 Å². The minimum absolute atomic E-state index is 0.202. The molecule has 111 heavy (non-hydrogen) atoms. The van der Waals surface area contributed by atoms with Crippen LogP contribution in [0.4, 0.5) is 0 Å². The number of unbranched alkanes of at least 4 members (excludes halogenated alkanes) is 28. The summed E-state index contributed by atoms with van der Waals surface area (Å²) >= 11 is 0. The van der Waals surface area contributed by atoms with E-state index in [9.17, 15) is 61.0 Å². The number of hydrogen-bond donors (Lipinski definition) is 12. The topological polar surface area (TPSA) is 307 Å². The third-order valence-electron chi connectivity index (χ3n) is 20.7. The highest BCUT2D eigenvalue weighted by Gasteiger charge is 2.54. The van der Waals surface area contributed by atoms with Gasteiger partial charge in [-0.05, 0) is 103 Å². The van der Waals surface area contributed by atoms with Crippen LogP contribution < -0.4 is 5.32 Å². The van der Waals surface area contributed by atoms with Crippen LogP contribution in [0, 0.1) is 0 Å². The van der Waals surface area contributed by atoms with Gasteiger partial charge in [0.25, 0.3) is 0 Å². The summed E-state index contributed by atoms with van der Waals surface area (Å²) < 4.78 is 34.5.